The van der Waals surface area contributed by atoms with Crippen molar-refractivity contribution in [2.75, 3.05) is 19.8 Å². The zero-order chi connectivity index (χ0) is 11.3. The minimum Gasteiger partial charge on any atom is -0.380 e. The molecule has 5 fully saturated rings. The zero-order valence-electron chi connectivity index (χ0n) is 10.8. The standard InChI is InChI=1S/C15H25NO/c1-2-17-9-14(1)16-10-15-6-11-3-12(7-15)5-13(4-11)8-15/h11-14,16H,1-10H2. The Balaban J connectivity index is 1.42. The van der Waals surface area contributed by atoms with Crippen LogP contribution in [0.1, 0.15) is 44.9 Å². The van der Waals surface area contributed by atoms with Gasteiger partial charge >= 0.3 is 0 Å². The van der Waals surface area contributed by atoms with Gasteiger partial charge < -0.3 is 10.1 Å². The molecule has 1 heterocycles. The maximum Gasteiger partial charge on any atom is 0.0620 e. The van der Waals surface area contributed by atoms with Gasteiger partial charge in [-0.3, -0.25) is 0 Å². The molecular weight excluding hydrogens is 210 g/mol. The van der Waals surface area contributed by atoms with Crippen molar-refractivity contribution in [2.45, 2.75) is 51.0 Å². The number of rotatable bonds is 3. The van der Waals surface area contributed by atoms with E-state index in [1.807, 2.05) is 0 Å². The zero-order valence-corrected chi connectivity index (χ0v) is 10.8. The monoisotopic (exact) mass is 235 g/mol. The van der Waals surface area contributed by atoms with E-state index in [4.69, 9.17) is 4.74 Å². The fourth-order valence-corrected chi connectivity index (χ4v) is 5.56. The average molecular weight is 235 g/mol. The second-order valence-electron chi connectivity index (χ2n) is 7.36. The van der Waals surface area contributed by atoms with Crippen LogP contribution in [-0.4, -0.2) is 25.8 Å². The topological polar surface area (TPSA) is 21.3 Å². The minimum atomic E-state index is 0.656. The molecular formula is C15H25NO. The van der Waals surface area contributed by atoms with E-state index in [0.717, 1.165) is 31.0 Å². The molecule has 96 valence electrons. The Labute approximate surface area is 104 Å². The second kappa shape index (κ2) is 3.96. The fourth-order valence-electron chi connectivity index (χ4n) is 5.56. The summed E-state index contributed by atoms with van der Waals surface area (Å²) in [6.45, 7) is 3.20. The van der Waals surface area contributed by atoms with Gasteiger partial charge in [0.15, 0.2) is 0 Å². The van der Waals surface area contributed by atoms with Crippen molar-refractivity contribution >= 4 is 0 Å². The number of nitrogens with one attached hydrogen (secondary N) is 1. The first-order valence-corrected chi connectivity index (χ1v) is 7.62. The first kappa shape index (κ1) is 10.8. The van der Waals surface area contributed by atoms with Crippen molar-refractivity contribution in [1.82, 2.24) is 5.32 Å². The third kappa shape index (κ3) is 1.94. The van der Waals surface area contributed by atoms with Crippen LogP contribution in [0.5, 0.6) is 0 Å². The molecule has 1 aliphatic heterocycles. The summed E-state index contributed by atoms with van der Waals surface area (Å²) in [5.74, 6) is 3.26. The van der Waals surface area contributed by atoms with Gasteiger partial charge in [0, 0.05) is 19.2 Å². The van der Waals surface area contributed by atoms with Gasteiger partial charge in [0.25, 0.3) is 0 Å². The van der Waals surface area contributed by atoms with Gasteiger partial charge in [0.05, 0.1) is 6.61 Å². The second-order valence-corrected chi connectivity index (χ2v) is 7.36. The summed E-state index contributed by atoms with van der Waals surface area (Å²) in [7, 11) is 0. The third-order valence-electron chi connectivity index (χ3n) is 5.86. The number of ether oxygens (including phenoxy) is 1. The Hall–Kier alpha value is -0.0800. The van der Waals surface area contributed by atoms with Gasteiger partial charge in [0.2, 0.25) is 0 Å². The molecule has 2 heteroatoms. The summed E-state index contributed by atoms with van der Waals surface area (Å²) in [5.41, 5.74) is 0.692. The van der Waals surface area contributed by atoms with Crippen LogP contribution in [0.2, 0.25) is 0 Å². The molecule has 0 aromatic heterocycles. The molecule has 5 aliphatic rings. The minimum absolute atomic E-state index is 0.656. The summed E-state index contributed by atoms with van der Waals surface area (Å²) in [5, 5.41) is 3.81. The molecule has 4 saturated carbocycles. The first-order chi connectivity index (χ1) is 8.31. The van der Waals surface area contributed by atoms with Crippen LogP contribution in [-0.2, 0) is 4.74 Å². The molecule has 17 heavy (non-hydrogen) atoms. The lowest BCUT2D eigenvalue weighted by Crippen LogP contribution is -2.51. The van der Waals surface area contributed by atoms with E-state index < -0.39 is 0 Å². The quantitative estimate of drug-likeness (QED) is 0.812. The summed E-state index contributed by atoms with van der Waals surface area (Å²) < 4.78 is 5.47. The first-order valence-electron chi connectivity index (χ1n) is 7.62. The molecule has 4 bridgehead atoms. The van der Waals surface area contributed by atoms with Crippen LogP contribution in [0, 0.1) is 23.2 Å². The highest BCUT2D eigenvalue weighted by atomic mass is 16.5. The van der Waals surface area contributed by atoms with Crippen molar-refractivity contribution in [3.63, 3.8) is 0 Å². The summed E-state index contributed by atoms with van der Waals surface area (Å²) in [6.07, 6.45) is 10.5. The van der Waals surface area contributed by atoms with E-state index in [1.54, 1.807) is 19.3 Å². The lowest BCUT2D eigenvalue weighted by Gasteiger charge is -2.57. The van der Waals surface area contributed by atoms with Crippen molar-refractivity contribution < 1.29 is 4.74 Å². The maximum absolute atomic E-state index is 5.47. The van der Waals surface area contributed by atoms with Crippen LogP contribution in [0.25, 0.3) is 0 Å². The SMILES string of the molecule is C1CC(NCC23CC4CC(CC(C4)C2)C3)CO1. The fraction of sp³-hybridized carbons (Fsp3) is 1.00. The van der Waals surface area contributed by atoms with Crippen molar-refractivity contribution in [3.05, 3.63) is 0 Å². The highest BCUT2D eigenvalue weighted by Gasteiger charge is 2.50. The molecule has 2 nitrogen and oxygen atoms in total. The van der Waals surface area contributed by atoms with Crippen LogP contribution in [0.4, 0.5) is 0 Å². The molecule has 0 amide bonds. The van der Waals surface area contributed by atoms with E-state index in [0.29, 0.717) is 11.5 Å². The smallest absolute Gasteiger partial charge is 0.0620 e. The molecule has 0 aromatic rings. The average Bonchev–Trinajstić information content (AvgIpc) is 2.77. The lowest BCUT2D eigenvalue weighted by atomic mass is 9.49. The Kier molecular flexibility index (Phi) is 2.52. The Morgan fingerprint density at radius 2 is 1.65 bits per heavy atom. The van der Waals surface area contributed by atoms with Gasteiger partial charge in [-0.1, -0.05) is 0 Å². The van der Waals surface area contributed by atoms with Crippen LogP contribution in [0.3, 0.4) is 0 Å². The predicted octanol–water partition coefficient (Wildman–Crippen LogP) is 2.58. The van der Waals surface area contributed by atoms with E-state index in [1.165, 1.54) is 32.2 Å². The number of hydrogen-bond donors (Lipinski definition) is 1. The molecule has 0 spiro atoms. The highest BCUT2D eigenvalue weighted by Crippen LogP contribution is 2.59. The van der Waals surface area contributed by atoms with Crippen molar-refractivity contribution in [2.24, 2.45) is 23.2 Å². The normalized spacial score (nSPS) is 52.2. The van der Waals surface area contributed by atoms with Crippen LogP contribution < -0.4 is 5.32 Å². The number of hydrogen-bond acceptors (Lipinski definition) is 2. The summed E-state index contributed by atoms with van der Waals surface area (Å²) >= 11 is 0. The third-order valence-corrected chi connectivity index (χ3v) is 5.86. The molecule has 0 radical (unpaired) electrons. The van der Waals surface area contributed by atoms with E-state index >= 15 is 0 Å². The molecule has 1 unspecified atom stereocenters. The Morgan fingerprint density at radius 3 is 2.18 bits per heavy atom. The van der Waals surface area contributed by atoms with Gasteiger partial charge in [-0.15, -0.1) is 0 Å². The van der Waals surface area contributed by atoms with Gasteiger partial charge in [-0.25, -0.2) is 0 Å². The van der Waals surface area contributed by atoms with Crippen LogP contribution >= 0.6 is 0 Å². The van der Waals surface area contributed by atoms with Gasteiger partial charge in [0.1, 0.15) is 0 Å². The van der Waals surface area contributed by atoms with E-state index in [9.17, 15) is 0 Å². The summed E-state index contributed by atoms with van der Waals surface area (Å²) in [4.78, 5) is 0. The molecule has 0 aromatic carbocycles. The lowest BCUT2D eigenvalue weighted by molar-refractivity contribution is -0.0525. The largest absolute Gasteiger partial charge is 0.380 e. The molecule has 1 atom stereocenters. The van der Waals surface area contributed by atoms with Crippen molar-refractivity contribution in [1.29, 1.82) is 0 Å². The Morgan fingerprint density at radius 1 is 1.00 bits per heavy atom. The van der Waals surface area contributed by atoms with Crippen LogP contribution in [0.15, 0.2) is 0 Å². The van der Waals surface area contributed by atoms with Gasteiger partial charge in [-0.2, -0.15) is 0 Å². The Bertz CT molecular complexity index is 260. The molecule has 1 N–H and O–H groups in total. The molecule has 5 rings (SSSR count). The van der Waals surface area contributed by atoms with E-state index in [-0.39, 0.29) is 0 Å². The molecule has 4 aliphatic carbocycles. The van der Waals surface area contributed by atoms with Gasteiger partial charge in [-0.05, 0) is 68.1 Å². The highest BCUT2D eigenvalue weighted by molar-refractivity contribution is 5.02. The molecule has 1 saturated heterocycles. The summed E-state index contributed by atoms with van der Waals surface area (Å²) in [6, 6.07) is 0.656. The maximum atomic E-state index is 5.47. The van der Waals surface area contributed by atoms with Crippen molar-refractivity contribution in [3.8, 4) is 0 Å². The predicted molar refractivity (Wildman–Crippen MR) is 67.8 cm³/mol. The van der Waals surface area contributed by atoms with E-state index in [2.05, 4.69) is 5.32 Å².